The molecule has 0 saturated carbocycles. The van der Waals surface area contributed by atoms with Crippen LogP contribution in [0.5, 0.6) is 0 Å². The van der Waals surface area contributed by atoms with Gasteiger partial charge in [-0.05, 0) is 38.1 Å². The summed E-state index contributed by atoms with van der Waals surface area (Å²) in [6.07, 6.45) is 0. The topological polar surface area (TPSA) is 53.9 Å². The third-order valence-electron chi connectivity index (χ3n) is 4.52. The number of nitrogens with zero attached hydrogens (tertiary/aromatic N) is 1. The minimum atomic E-state index is -0.429. The summed E-state index contributed by atoms with van der Waals surface area (Å²) in [6, 6.07) is 16.2. The Morgan fingerprint density at radius 3 is 2.19 bits per heavy atom. The quantitative estimate of drug-likeness (QED) is 0.729. The second-order valence-electron chi connectivity index (χ2n) is 6.43. The van der Waals surface area contributed by atoms with E-state index in [1.807, 2.05) is 51.2 Å². The fourth-order valence-corrected chi connectivity index (χ4v) is 3.22. The minimum absolute atomic E-state index is 0.0305. The number of carbonyl (C=O) groups is 2. The molecule has 5 nitrogen and oxygen atoms in total. The molecule has 2 aromatic carbocycles. The van der Waals surface area contributed by atoms with Crippen molar-refractivity contribution in [3.63, 3.8) is 0 Å². The lowest BCUT2D eigenvalue weighted by atomic mass is 10.0. The zero-order valence-electron chi connectivity index (χ0n) is 16.0. The maximum absolute atomic E-state index is 13.1. The van der Waals surface area contributed by atoms with Gasteiger partial charge in [0.25, 0.3) is 11.8 Å². The molecule has 0 aromatic heterocycles. The summed E-state index contributed by atoms with van der Waals surface area (Å²) >= 11 is 5.87. The summed E-state index contributed by atoms with van der Waals surface area (Å²) in [5.41, 5.74) is 1.59. The Bertz CT molecular complexity index is 746. The molecule has 0 heterocycles. The Labute approximate surface area is 165 Å². The summed E-state index contributed by atoms with van der Waals surface area (Å²) in [7, 11) is 1.88. The van der Waals surface area contributed by atoms with Gasteiger partial charge in [-0.2, -0.15) is 0 Å². The van der Waals surface area contributed by atoms with Gasteiger partial charge in [0.15, 0.2) is 12.6 Å². The lowest BCUT2D eigenvalue weighted by Crippen LogP contribution is -3.11. The molecule has 0 aliphatic carbocycles. The molecule has 2 rings (SSSR count). The molecule has 0 aliphatic heterocycles. The van der Waals surface area contributed by atoms with Crippen molar-refractivity contribution in [1.82, 2.24) is 4.90 Å². The van der Waals surface area contributed by atoms with E-state index in [1.165, 1.54) is 0 Å². The molecule has 144 valence electrons. The van der Waals surface area contributed by atoms with Crippen molar-refractivity contribution in [2.75, 3.05) is 32.0 Å². The van der Waals surface area contributed by atoms with Crippen molar-refractivity contribution in [3.8, 4) is 0 Å². The van der Waals surface area contributed by atoms with Crippen molar-refractivity contribution in [3.05, 3.63) is 65.2 Å². The lowest BCUT2D eigenvalue weighted by molar-refractivity contribution is -0.894. The van der Waals surface area contributed by atoms with E-state index in [2.05, 4.69) is 5.32 Å². The first-order valence-electron chi connectivity index (χ1n) is 9.17. The predicted octanol–water partition coefficient (Wildman–Crippen LogP) is 2.40. The summed E-state index contributed by atoms with van der Waals surface area (Å²) < 4.78 is 0. The van der Waals surface area contributed by atoms with E-state index >= 15 is 0 Å². The first-order chi connectivity index (χ1) is 13.0. The van der Waals surface area contributed by atoms with Crippen molar-refractivity contribution >= 4 is 29.1 Å². The van der Waals surface area contributed by atoms with Gasteiger partial charge < -0.3 is 15.1 Å². The summed E-state index contributed by atoms with van der Waals surface area (Å²) in [5, 5.41) is 3.47. The summed E-state index contributed by atoms with van der Waals surface area (Å²) in [6.45, 7) is 5.39. The zero-order valence-corrected chi connectivity index (χ0v) is 16.8. The second kappa shape index (κ2) is 10.1. The molecule has 2 aromatic rings. The number of nitrogens with one attached hydrogen (secondary N) is 2. The molecular weight excluding hydrogens is 362 g/mol. The molecule has 27 heavy (non-hydrogen) atoms. The van der Waals surface area contributed by atoms with Crippen LogP contribution in [0.25, 0.3) is 0 Å². The van der Waals surface area contributed by atoms with Crippen molar-refractivity contribution < 1.29 is 14.5 Å². The first-order valence-corrected chi connectivity index (χ1v) is 9.55. The highest BCUT2D eigenvalue weighted by atomic mass is 35.5. The van der Waals surface area contributed by atoms with Gasteiger partial charge in [-0.1, -0.05) is 41.9 Å². The number of carbonyl (C=O) groups excluding carboxylic acids is 2. The summed E-state index contributed by atoms with van der Waals surface area (Å²) in [4.78, 5) is 28.2. The molecule has 0 fully saturated rings. The molecule has 0 bridgehead atoms. The van der Waals surface area contributed by atoms with Gasteiger partial charge in [-0.15, -0.1) is 0 Å². The van der Waals surface area contributed by atoms with E-state index in [-0.39, 0.29) is 18.4 Å². The number of likely N-dealkylation sites (N-methyl/N-ethyl adjacent to an activating group) is 2. The average molecular weight is 389 g/mol. The second-order valence-corrected chi connectivity index (χ2v) is 6.87. The Hall–Kier alpha value is -2.37. The van der Waals surface area contributed by atoms with Gasteiger partial charge >= 0.3 is 0 Å². The van der Waals surface area contributed by atoms with Crippen LogP contribution >= 0.6 is 11.6 Å². The standard InChI is InChI=1S/C21H26ClN3O2/c1-4-25(5-2)21(27)20(16-9-7-6-8-10-16)24(3)15-19(26)23-18-13-11-17(22)12-14-18/h6-14,20H,4-5,15H2,1-3H3,(H,23,26)/p+1/t20-/m1/s1. The third-order valence-corrected chi connectivity index (χ3v) is 4.77. The van der Waals surface area contributed by atoms with Crippen molar-refractivity contribution in [2.24, 2.45) is 0 Å². The van der Waals surface area contributed by atoms with Crippen LogP contribution in [0.1, 0.15) is 25.5 Å². The minimum Gasteiger partial charge on any atom is -0.338 e. The lowest BCUT2D eigenvalue weighted by Gasteiger charge is -2.29. The highest BCUT2D eigenvalue weighted by Gasteiger charge is 2.33. The Balaban J connectivity index is 2.15. The van der Waals surface area contributed by atoms with E-state index < -0.39 is 6.04 Å². The van der Waals surface area contributed by atoms with Crippen LogP contribution in [0.15, 0.2) is 54.6 Å². The third kappa shape index (κ3) is 5.81. The molecule has 6 heteroatoms. The van der Waals surface area contributed by atoms with Crippen LogP contribution in [0.4, 0.5) is 5.69 Å². The maximum atomic E-state index is 13.1. The van der Waals surface area contributed by atoms with E-state index in [1.54, 1.807) is 29.2 Å². The molecule has 0 spiro atoms. The van der Waals surface area contributed by atoms with Gasteiger partial charge in [0.2, 0.25) is 0 Å². The molecule has 2 N–H and O–H groups in total. The van der Waals surface area contributed by atoms with E-state index in [9.17, 15) is 9.59 Å². The molecule has 1 unspecified atom stereocenters. The molecule has 0 radical (unpaired) electrons. The monoisotopic (exact) mass is 388 g/mol. The first kappa shape index (κ1) is 20.9. The van der Waals surface area contributed by atoms with E-state index in [0.717, 1.165) is 10.5 Å². The molecule has 0 saturated heterocycles. The van der Waals surface area contributed by atoms with Crippen LogP contribution in [-0.2, 0) is 9.59 Å². The van der Waals surface area contributed by atoms with Crippen molar-refractivity contribution in [1.29, 1.82) is 0 Å². The van der Waals surface area contributed by atoms with Gasteiger partial charge in [0, 0.05) is 29.4 Å². The number of benzene rings is 2. The van der Waals surface area contributed by atoms with Crippen LogP contribution < -0.4 is 10.2 Å². The average Bonchev–Trinajstić information content (AvgIpc) is 2.65. The molecule has 2 atom stereocenters. The number of anilines is 1. The van der Waals surface area contributed by atoms with Crippen LogP contribution in [-0.4, -0.2) is 43.4 Å². The number of rotatable bonds is 8. The Morgan fingerprint density at radius 1 is 1.04 bits per heavy atom. The van der Waals surface area contributed by atoms with Gasteiger partial charge in [-0.3, -0.25) is 9.59 Å². The zero-order chi connectivity index (χ0) is 19.8. The van der Waals surface area contributed by atoms with E-state index in [0.29, 0.717) is 23.8 Å². The number of hydrogen-bond donors (Lipinski definition) is 2. The van der Waals surface area contributed by atoms with Crippen LogP contribution in [0.2, 0.25) is 5.02 Å². The fourth-order valence-electron chi connectivity index (χ4n) is 3.09. The van der Waals surface area contributed by atoms with Crippen LogP contribution in [0.3, 0.4) is 0 Å². The Morgan fingerprint density at radius 2 is 1.63 bits per heavy atom. The van der Waals surface area contributed by atoms with Gasteiger partial charge in [0.05, 0.1) is 7.05 Å². The van der Waals surface area contributed by atoms with Crippen molar-refractivity contribution in [2.45, 2.75) is 19.9 Å². The highest BCUT2D eigenvalue weighted by Crippen LogP contribution is 2.14. The Kier molecular flexibility index (Phi) is 7.82. The number of hydrogen-bond acceptors (Lipinski definition) is 2. The van der Waals surface area contributed by atoms with Gasteiger partial charge in [-0.25, -0.2) is 0 Å². The predicted molar refractivity (Wildman–Crippen MR) is 109 cm³/mol. The SMILES string of the molecule is CCN(CC)C(=O)[C@@H](c1ccccc1)[NH+](C)CC(=O)Nc1ccc(Cl)cc1. The number of halogens is 1. The molecular formula is C21H27ClN3O2+. The van der Waals surface area contributed by atoms with Crippen LogP contribution in [0, 0.1) is 0 Å². The normalized spacial score (nSPS) is 12.9. The molecule has 0 aliphatic rings. The molecule has 2 amide bonds. The summed E-state index contributed by atoms with van der Waals surface area (Å²) in [5.74, 6) is -0.119. The smallest absolute Gasteiger partial charge is 0.285 e. The van der Waals surface area contributed by atoms with E-state index in [4.69, 9.17) is 11.6 Å². The fraction of sp³-hybridized carbons (Fsp3) is 0.333. The largest absolute Gasteiger partial charge is 0.338 e. The highest BCUT2D eigenvalue weighted by molar-refractivity contribution is 6.30. The number of quaternary nitrogens is 1. The van der Waals surface area contributed by atoms with Gasteiger partial charge in [0.1, 0.15) is 0 Å². The maximum Gasteiger partial charge on any atom is 0.285 e. The number of amides is 2.